The molecule has 0 spiro atoms. The molecule has 1 rings (SSSR count). The Balaban J connectivity index is 3.70. The molecule has 0 unspecified atom stereocenters. The summed E-state index contributed by atoms with van der Waals surface area (Å²) in [6.07, 6.45) is -1.87. The first-order valence-electron chi connectivity index (χ1n) is 4.05. The summed E-state index contributed by atoms with van der Waals surface area (Å²) >= 11 is 0. The Kier molecular flexibility index (Phi) is 3.69. The molecular weight excluding hydrogens is 264 g/mol. The molecule has 0 amide bonds. The summed E-state index contributed by atoms with van der Waals surface area (Å²) in [4.78, 5) is 2.82. The number of ether oxygens (including phenoxy) is 1. The van der Waals surface area contributed by atoms with E-state index in [2.05, 4.69) is 9.72 Å². The highest BCUT2D eigenvalue weighted by Gasteiger charge is 2.29. The second-order valence-corrected chi connectivity index (χ2v) is 5.43. The highest BCUT2D eigenvalue weighted by Crippen LogP contribution is 2.36. The summed E-state index contributed by atoms with van der Waals surface area (Å²) in [5, 5.41) is 0. The zero-order valence-electron chi connectivity index (χ0n) is 8.37. The lowest BCUT2D eigenvalue weighted by molar-refractivity contribution is 0.146. The average Bonchev–Trinajstić information content (AvgIpc) is 2.15. The van der Waals surface area contributed by atoms with E-state index in [9.17, 15) is 17.2 Å². The van der Waals surface area contributed by atoms with Crippen molar-refractivity contribution in [2.75, 3.05) is 7.11 Å². The third kappa shape index (κ3) is 2.41. The van der Waals surface area contributed by atoms with Crippen LogP contribution in [0.3, 0.4) is 0 Å². The van der Waals surface area contributed by atoms with E-state index in [0.717, 1.165) is 13.3 Å². The van der Waals surface area contributed by atoms with E-state index in [1.165, 1.54) is 6.92 Å². The van der Waals surface area contributed by atoms with Gasteiger partial charge in [-0.25, -0.2) is 22.2 Å². The van der Waals surface area contributed by atoms with Crippen LogP contribution in [0.1, 0.15) is 17.6 Å². The van der Waals surface area contributed by atoms with Crippen molar-refractivity contribution in [1.29, 1.82) is 0 Å². The number of aromatic nitrogens is 1. The van der Waals surface area contributed by atoms with Gasteiger partial charge in [0.1, 0.15) is 0 Å². The number of aryl methyl sites for hydroxylation is 1. The highest BCUT2D eigenvalue weighted by atomic mass is 35.7. The molecule has 1 aromatic heterocycles. The van der Waals surface area contributed by atoms with Crippen molar-refractivity contribution < 1.29 is 21.9 Å². The largest absolute Gasteiger partial charge is 0.480 e. The monoisotopic (exact) mass is 271 g/mol. The number of hydrogen-bond donors (Lipinski definition) is 0. The average molecular weight is 272 g/mol. The van der Waals surface area contributed by atoms with E-state index < -0.39 is 31.8 Å². The molecule has 8 heteroatoms. The van der Waals surface area contributed by atoms with Crippen LogP contribution in [-0.4, -0.2) is 20.5 Å². The van der Waals surface area contributed by atoms with Gasteiger partial charge < -0.3 is 4.74 Å². The molecule has 0 aliphatic carbocycles. The van der Waals surface area contributed by atoms with Crippen LogP contribution < -0.4 is 4.74 Å². The van der Waals surface area contributed by atoms with Crippen molar-refractivity contribution in [3.8, 4) is 5.88 Å². The minimum atomic E-state index is -4.34. The molecule has 4 nitrogen and oxygen atoms in total. The van der Waals surface area contributed by atoms with E-state index in [4.69, 9.17) is 10.7 Å². The maximum atomic E-state index is 12.7. The lowest BCUT2D eigenvalue weighted by Crippen LogP contribution is -2.06. The van der Waals surface area contributed by atoms with Gasteiger partial charge in [-0.05, 0) is 12.5 Å². The minimum Gasteiger partial charge on any atom is -0.480 e. The number of methoxy groups -OCH3 is 1. The standard InChI is InChI=1S/C8H8ClF2NO3S/c1-4-3-12-8(15-2)6(16(9,13)14)5(4)7(10)11/h3,7H,1-2H3. The third-order valence-corrected chi connectivity index (χ3v) is 3.24. The fraction of sp³-hybridized carbons (Fsp3) is 0.375. The second kappa shape index (κ2) is 4.50. The molecule has 0 fully saturated rings. The molecule has 16 heavy (non-hydrogen) atoms. The van der Waals surface area contributed by atoms with Crippen LogP contribution in [0, 0.1) is 6.92 Å². The van der Waals surface area contributed by atoms with Gasteiger partial charge in [-0.3, -0.25) is 0 Å². The number of hydrogen-bond acceptors (Lipinski definition) is 4. The normalized spacial score (nSPS) is 11.9. The lowest BCUT2D eigenvalue weighted by atomic mass is 10.1. The van der Waals surface area contributed by atoms with Crippen molar-refractivity contribution in [3.05, 3.63) is 17.3 Å². The first-order chi connectivity index (χ1) is 7.29. The van der Waals surface area contributed by atoms with Crippen LogP contribution in [-0.2, 0) is 9.05 Å². The van der Waals surface area contributed by atoms with Gasteiger partial charge in [-0.1, -0.05) is 0 Å². The second-order valence-electron chi connectivity index (χ2n) is 2.93. The van der Waals surface area contributed by atoms with Gasteiger partial charge in [0.2, 0.25) is 5.88 Å². The number of halogens is 3. The van der Waals surface area contributed by atoms with E-state index in [1.807, 2.05) is 0 Å². The molecule has 1 heterocycles. The topological polar surface area (TPSA) is 56.3 Å². The molecule has 0 atom stereocenters. The van der Waals surface area contributed by atoms with Gasteiger partial charge in [0, 0.05) is 22.4 Å². The lowest BCUT2D eigenvalue weighted by Gasteiger charge is -2.12. The SMILES string of the molecule is COc1ncc(C)c(C(F)F)c1S(=O)(=O)Cl. The summed E-state index contributed by atoms with van der Waals surface area (Å²) in [5.41, 5.74) is -0.642. The molecule has 0 aromatic carbocycles. The van der Waals surface area contributed by atoms with E-state index in [0.29, 0.717) is 0 Å². The number of pyridine rings is 1. The van der Waals surface area contributed by atoms with Gasteiger partial charge >= 0.3 is 0 Å². The molecule has 0 aliphatic rings. The molecule has 1 aromatic rings. The molecule has 0 bridgehead atoms. The summed E-state index contributed by atoms with van der Waals surface area (Å²) < 4.78 is 52.5. The zero-order valence-corrected chi connectivity index (χ0v) is 9.94. The Hall–Kier alpha value is -0.950. The van der Waals surface area contributed by atoms with Crippen LogP contribution >= 0.6 is 10.7 Å². The Labute approximate surface area is 95.6 Å². The number of nitrogens with zero attached hydrogens (tertiary/aromatic N) is 1. The van der Waals surface area contributed by atoms with E-state index in [1.54, 1.807) is 0 Å². The number of rotatable bonds is 3. The molecule has 0 aliphatic heterocycles. The van der Waals surface area contributed by atoms with Crippen molar-refractivity contribution in [2.24, 2.45) is 0 Å². The van der Waals surface area contributed by atoms with E-state index in [-0.39, 0.29) is 5.56 Å². The Morgan fingerprint density at radius 2 is 2.06 bits per heavy atom. The van der Waals surface area contributed by atoms with Crippen LogP contribution in [0.5, 0.6) is 5.88 Å². The van der Waals surface area contributed by atoms with Crippen LogP contribution in [0.4, 0.5) is 8.78 Å². The first-order valence-corrected chi connectivity index (χ1v) is 6.36. The summed E-state index contributed by atoms with van der Waals surface area (Å²) in [7, 11) is 1.87. The van der Waals surface area contributed by atoms with Crippen molar-refractivity contribution in [1.82, 2.24) is 4.98 Å². The highest BCUT2D eigenvalue weighted by molar-refractivity contribution is 8.13. The van der Waals surface area contributed by atoms with Gasteiger partial charge in [0.05, 0.1) is 7.11 Å². The molecule has 0 N–H and O–H groups in total. The third-order valence-electron chi connectivity index (χ3n) is 1.89. The molecular formula is C8H8ClF2NO3S. The predicted molar refractivity (Wildman–Crippen MR) is 53.5 cm³/mol. The summed E-state index contributed by atoms with van der Waals surface area (Å²) in [6.45, 7) is 1.32. The molecule has 90 valence electrons. The molecule has 0 radical (unpaired) electrons. The number of alkyl halides is 2. The van der Waals surface area contributed by atoms with Crippen LogP contribution in [0.15, 0.2) is 11.1 Å². The Morgan fingerprint density at radius 1 is 1.50 bits per heavy atom. The van der Waals surface area contributed by atoms with Gasteiger partial charge in [-0.2, -0.15) is 0 Å². The van der Waals surface area contributed by atoms with E-state index >= 15 is 0 Å². The van der Waals surface area contributed by atoms with Crippen LogP contribution in [0.2, 0.25) is 0 Å². The van der Waals surface area contributed by atoms with Crippen molar-refractivity contribution in [3.63, 3.8) is 0 Å². The van der Waals surface area contributed by atoms with Gasteiger partial charge in [0.15, 0.2) is 4.90 Å². The van der Waals surface area contributed by atoms with Gasteiger partial charge in [0.25, 0.3) is 15.5 Å². The minimum absolute atomic E-state index is 0.0371. The maximum absolute atomic E-state index is 12.7. The van der Waals surface area contributed by atoms with Gasteiger partial charge in [-0.15, -0.1) is 0 Å². The fourth-order valence-electron chi connectivity index (χ4n) is 1.23. The van der Waals surface area contributed by atoms with Crippen molar-refractivity contribution in [2.45, 2.75) is 18.2 Å². The fourth-order valence-corrected chi connectivity index (χ4v) is 2.53. The molecule has 0 saturated heterocycles. The Morgan fingerprint density at radius 3 is 2.44 bits per heavy atom. The van der Waals surface area contributed by atoms with Crippen molar-refractivity contribution >= 4 is 19.7 Å². The maximum Gasteiger partial charge on any atom is 0.267 e. The first kappa shape index (κ1) is 13.1. The quantitative estimate of drug-likeness (QED) is 0.792. The van der Waals surface area contributed by atoms with Crippen LogP contribution in [0.25, 0.3) is 0 Å². The zero-order chi connectivity index (χ0) is 12.5. The Bertz CT molecular complexity index is 504. The predicted octanol–water partition coefficient (Wildman–Crippen LogP) is 2.26. The summed E-state index contributed by atoms with van der Waals surface area (Å²) in [5.74, 6) is -0.434. The summed E-state index contributed by atoms with van der Waals surface area (Å²) in [6, 6.07) is 0. The smallest absolute Gasteiger partial charge is 0.267 e. The molecule has 0 saturated carbocycles.